The van der Waals surface area contributed by atoms with Crippen molar-refractivity contribution in [3.8, 4) is 0 Å². The van der Waals surface area contributed by atoms with Crippen LogP contribution in [0.4, 0.5) is 8.78 Å². The molecule has 5 heteroatoms. The van der Waals surface area contributed by atoms with Crippen LogP contribution in [-0.4, -0.2) is 6.04 Å². The van der Waals surface area contributed by atoms with Crippen LogP contribution in [0.1, 0.15) is 26.3 Å². The van der Waals surface area contributed by atoms with Crippen molar-refractivity contribution in [2.24, 2.45) is 11.3 Å². The predicted octanol–water partition coefficient (Wildman–Crippen LogP) is 3.15. The van der Waals surface area contributed by atoms with E-state index in [2.05, 4.69) is 21.4 Å². The normalized spacial score (nSPS) is 13.8. The maximum absolute atomic E-state index is 13.8. The van der Waals surface area contributed by atoms with Crippen LogP contribution >= 0.6 is 15.9 Å². The summed E-state index contributed by atoms with van der Waals surface area (Å²) in [5, 5.41) is 0. The second-order valence-electron chi connectivity index (χ2n) is 5.11. The lowest BCUT2D eigenvalue weighted by Crippen LogP contribution is -2.46. The molecular formula is C12H17BrF2N2. The third kappa shape index (κ3) is 3.47. The van der Waals surface area contributed by atoms with Gasteiger partial charge in [0.15, 0.2) is 0 Å². The van der Waals surface area contributed by atoms with E-state index in [-0.39, 0.29) is 27.9 Å². The van der Waals surface area contributed by atoms with Gasteiger partial charge in [0, 0.05) is 11.6 Å². The van der Waals surface area contributed by atoms with Gasteiger partial charge in [-0.15, -0.1) is 0 Å². The van der Waals surface area contributed by atoms with Gasteiger partial charge in [-0.3, -0.25) is 11.3 Å². The van der Waals surface area contributed by atoms with Gasteiger partial charge in [0.05, 0.1) is 4.47 Å². The molecule has 1 aromatic carbocycles. The fourth-order valence-electron chi connectivity index (χ4n) is 1.58. The lowest BCUT2D eigenvalue weighted by atomic mass is 9.83. The van der Waals surface area contributed by atoms with Crippen molar-refractivity contribution in [3.63, 3.8) is 0 Å². The van der Waals surface area contributed by atoms with E-state index in [0.717, 1.165) is 0 Å². The van der Waals surface area contributed by atoms with Crippen LogP contribution < -0.4 is 11.3 Å². The summed E-state index contributed by atoms with van der Waals surface area (Å²) in [4.78, 5) is 0. The molecule has 1 aromatic rings. The van der Waals surface area contributed by atoms with Gasteiger partial charge >= 0.3 is 0 Å². The largest absolute Gasteiger partial charge is 0.271 e. The molecule has 3 N–H and O–H groups in total. The molecule has 0 aliphatic heterocycles. The van der Waals surface area contributed by atoms with Crippen molar-refractivity contribution in [1.82, 2.24) is 5.43 Å². The van der Waals surface area contributed by atoms with Gasteiger partial charge in [-0.1, -0.05) is 20.8 Å². The van der Waals surface area contributed by atoms with Crippen LogP contribution in [0.5, 0.6) is 0 Å². The zero-order valence-electron chi connectivity index (χ0n) is 10.2. The van der Waals surface area contributed by atoms with E-state index >= 15 is 0 Å². The Hall–Kier alpha value is -0.520. The molecule has 0 spiro atoms. The first kappa shape index (κ1) is 14.5. The van der Waals surface area contributed by atoms with Crippen LogP contribution in [-0.2, 0) is 6.42 Å². The summed E-state index contributed by atoms with van der Waals surface area (Å²) >= 11 is 3.05. The highest BCUT2D eigenvalue weighted by atomic mass is 79.9. The number of nitrogens with one attached hydrogen (secondary N) is 1. The van der Waals surface area contributed by atoms with E-state index in [0.29, 0.717) is 0 Å². The van der Waals surface area contributed by atoms with E-state index in [1.165, 1.54) is 12.1 Å². The summed E-state index contributed by atoms with van der Waals surface area (Å²) in [7, 11) is 0. The number of halogens is 3. The molecule has 1 rings (SSSR count). The molecule has 0 aliphatic carbocycles. The Labute approximate surface area is 109 Å². The highest BCUT2D eigenvalue weighted by molar-refractivity contribution is 9.10. The Morgan fingerprint density at radius 1 is 1.35 bits per heavy atom. The quantitative estimate of drug-likeness (QED) is 0.511. The molecule has 2 nitrogen and oxygen atoms in total. The second-order valence-corrected chi connectivity index (χ2v) is 5.97. The van der Waals surface area contributed by atoms with E-state index in [9.17, 15) is 8.78 Å². The number of nitrogens with two attached hydrogens (primary N) is 1. The Morgan fingerprint density at radius 2 is 1.94 bits per heavy atom. The van der Waals surface area contributed by atoms with Crippen molar-refractivity contribution in [3.05, 3.63) is 33.8 Å². The predicted molar refractivity (Wildman–Crippen MR) is 68.3 cm³/mol. The van der Waals surface area contributed by atoms with Gasteiger partial charge in [-0.25, -0.2) is 8.78 Å². The molecule has 0 saturated heterocycles. The summed E-state index contributed by atoms with van der Waals surface area (Å²) in [6, 6.07) is 2.40. The highest BCUT2D eigenvalue weighted by Crippen LogP contribution is 2.27. The monoisotopic (exact) mass is 306 g/mol. The second kappa shape index (κ2) is 5.42. The van der Waals surface area contributed by atoms with Crippen molar-refractivity contribution >= 4 is 15.9 Å². The number of benzene rings is 1. The first-order valence-electron chi connectivity index (χ1n) is 5.36. The minimum Gasteiger partial charge on any atom is -0.271 e. The summed E-state index contributed by atoms with van der Waals surface area (Å²) in [6.45, 7) is 5.89. The summed E-state index contributed by atoms with van der Waals surface area (Å²) < 4.78 is 27.6. The molecule has 17 heavy (non-hydrogen) atoms. The smallest absolute Gasteiger partial charge is 0.143 e. The van der Waals surface area contributed by atoms with E-state index in [4.69, 9.17) is 5.84 Å². The van der Waals surface area contributed by atoms with Gasteiger partial charge < -0.3 is 0 Å². The molecule has 0 aromatic heterocycles. The Balaban J connectivity index is 3.06. The summed E-state index contributed by atoms with van der Waals surface area (Å²) in [5.74, 6) is 4.33. The topological polar surface area (TPSA) is 38.0 Å². The first-order chi connectivity index (χ1) is 7.77. The molecule has 1 atom stereocenters. The Bertz CT molecular complexity index is 402. The Kier molecular flexibility index (Phi) is 4.63. The SMILES string of the molecule is CC(C)(C)C(Cc1c(F)ccc(Br)c1F)NN. The van der Waals surface area contributed by atoms with Crippen LogP contribution in [0.25, 0.3) is 0 Å². The maximum atomic E-state index is 13.8. The first-order valence-corrected chi connectivity index (χ1v) is 6.15. The minimum absolute atomic E-state index is 0.0530. The van der Waals surface area contributed by atoms with E-state index < -0.39 is 11.6 Å². The number of hydrogen-bond acceptors (Lipinski definition) is 2. The zero-order valence-corrected chi connectivity index (χ0v) is 11.7. The molecule has 0 heterocycles. The van der Waals surface area contributed by atoms with Crippen molar-refractivity contribution in [2.75, 3.05) is 0 Å². The molecule has 0 fully saturated rings. The van der Waals surface area contributed by atoms with Crippen molar-refractivity contribution < 1.29 is 8.78 Å². The van der Waals surface area contributed by atoms with E-state index in [1.54, 1.807) is 0 Å². The summed E-state index contributed by atoms with van der Waals surface area (Å²) in [5.41, 5.74) is 2.48. The van der Waals surface area contributed by atoms with Crippen LogP contribution in [0, 0.1) is 17.0 Å². The van der Waals surface area contributed by atoms with Gasteiger partial charge in [-0.05, 0) is 39.9 Å². The van der Waals surface area contributed by atoms with E-state index in [1.807, 2.05) is 20.8 Å². The van der Waals surface area contributed by atoms with Crippen LogP contribution in [0.2, 0.25) is 0 Å². The van der Waals surface area contributed by atoms with Gasteiger partial charge in [0.2, 0.25) is 0 Å². The van der Waals surface area contributed by atoms with Gasteiger partial charge in [0.25, 0.3) is 0 Å². The fourth-order valence-corrected chi connectivity index (χ4v) is 1.95. The van der Waals surface area contributed by atoms with Crippen molar-refractivity contribution in [1.29, 1.82) is 0 Å². The van der Waals surface area contributed by atoms with Crippen molar-refractivity contribution in [2.45, 2.75) is 33.2 Å². The molecular weight excluding hydrogens is 290 g/mol. The molecule has 0 bridgehead atoms. The lowest BCUT2D eigenvalue weighted by Gasteiger charge is -2.30. The van der Waals surface area contributed by atoms with Crippen LogP contribution in [0.15, 0.2) is 16.6 Å². The Morgan fingerprint density at radius 3 is 2.41 bits per heavy atom. The number of hydrazine groups is 1. The highest BCUT2D eigenvalue weighted by Gasteiger charge is 2.26. The zero-order chi connectivity index (χ0) is 13.2. The fraction of sp³-hybridized carbons (Fsp3) is 0.500. The van der Waals surface area contributed by atoms with Gasteiger partial charge in [0.1, 0.15) is 11.6 Å². The standard InChI is InChI=1S/C12H17BrF2N2/c1-12(2,3)10(17-16)6-7-9(14)5-4-8(13)11(7)15/h4-5,10,17H,6,16H2,1-3H3. The number of rotatable bonds is 3. The molecule has 0 radical (unpaired) electrons. The molecule has 1 unspecified atom stereocenters. The molecule has 0 saturated carbocycles. The molecule has 0 amide bonds. The summed E-state index contributed by atoms with van der Waals surface area (Å²) in [6.07, 6.45) is 0.205. The molecule has 0 aliphatic rings. The van der Waals surface area contributed by atoms with Crippen LogP contribution in [0.3, 0.4) is 0 Å². The average molecular weight is 307 g/mol. The van der Waals surface area contributed by atoms with Gasteiger partial charge in [-0.2, -0.15) is 0 Å². The minimum atomic E-state index is -0.561. The third-order valence-electron chi connectivity index (χ3n) is 2.79. The maximum Gasteiger partial charge on any atom is 0.143 e. The lowest BCUT2D eigenvalue weighted by molar-refractivity contribution is 0.265. The third-order valence-corrected chi connectivity index (χ3v) is 3.41. The average Bonchev–Trinajstić information content (AvgIpc) is 2.22. The number of hydrogen-bond donors (Lipinski definition) is 2. The molecule has 96 valence electrons.